The summed E-state index contributed by atoms with van der Waals surface area (Å²) in [5.74, 6) is 0. The predicted octanol–water partition coefficient (Wildman–Crippen LogP) is 13.6. The minimum Gasteiger partial charge on any atom is -0.0622 e. The highest BCUT2D eigenvalue weighted by Crippen LogP contribution is 2.51. The van der Waals surface area contributed by atoms with Crippen molar-refractivity contribution in [3.8, 4) is 44.5 Å². The van der Waals surface area contributed by atoms with E-state index in [1.165, 1.54) is 98.7 Å². The van der Waals surface area contributed by atoms with E-state index in [4.69, 9.17) is 0 Å². The Kier molecular flexibility index (Phi) is 6.02. The van der Waals surface area contributed by atoms with Gasteiger partial charge in [0.15, 0.2) is 0 Å². The zero-order chi connectivity index (χ0) is 32.7. The Bertz CT molecular complexity index is 2780. The topological polar surface area (TPSA) is 0 Å². The minimum atomic E-state index is -0.0765. The van der Waals surface area contributed by atoms with Gasteiger partial charge in [-0.05, 0) is 153 Å². The lowest BCUT2D eigenvalue weighted by molar-refractivity contribution is 0.662. The minimum absolute atomic E-state index is 0.0765. The Balaban J connectivity index is 1.02. The van der Waals surface area contributed by atoms with E-state index >= 15 is 0 Å². The smallest absolute Gasteiger partial charge is 0.0159 e. The van der Waals surface area contributed by atoms with E-state index in [0.29, 0.717) is 0 Å². The van der Waals surface area contributed by atoms with Crippen LogP contribution in [-0.4, -0.2) is 0 Å². The first-order valence-electron chi connectivity index (χ1n) is 17.2. The number of fused-ring (bicyclic) bond motifs is 7. The third-order valence-corrected chi connectivity index (χ3v) is 11.0. The van der Waals surface area contributed by atoms with Gasteiger partial charge in [0.25, 0.3) is 0 Å². The van der Waals surface area contributed by atoms with Gasteiger partial charge < -0.3 is 0 Å². The highest BCUT2D eigenvalue weighted by Gasteiger charge is 2.36. The molecule has 0 amide bonds. The molecule has 0 fully saturated rings. The maximum atomic E-state index is 2.45. The van der Waals surface area contributed by atoms with Crippen LogP contribution in [0.2, 0.25) is 0 Å². The van der Waals surface area contributed by atoms with Crippen LogP contribution in [0.3, 0.4) is 0 Å². The van der Waals surface area contributed by atoms with E-state index in [1.54, 1.807) is 0 Å². The van der Waals surface area contributed by atoms with Gasteiger partial charge in [-0.3, -0.25) is 0 Å². The van der Waals surface area contributed by atoms with Crippen LogP contribution in [-0.2, 0) is 5.41 Å². The quantitative estimate of drug-likeness (QED) is 0.184. The van der Waals surface area contributed by atoms with Gasteiger partial charge in [0, 0.05) is 5.41 Å². The number of benzene rings is 9. The second-order valence-electron chi connectivity index (χ2n) is 14.2. The molecular formula is C49H34. The highest BCUT2D eigenvalue weighted by atomic mass is 14.4. The Morgan fingerprint density at radius 3 is 1.18 bits per heavy atom. The lowest BCUT2D eigenvalue weighted by Gasteiger charge is -2.22. The summed E-state index contributed by atoms with van der Waals surface area (Å²) < 4.78 is 0. The predicted molar refractivity (Wildman–Crippen MR) is 210 cm³/mol. The maximum absolute atomic E-state index is 2.45. The van der Waals surface area contributed by atoms with Crippen LogP contribution in [0.15, 0.2) is 170 Å². The van der Waals surface area contributed by atoms with E-state index in [0.717, 1.165) is 0 Å². The first-order valence-corrected chi connectivity index (χ1v) is 17.2. The van der Waals surface area contributed by atoms with Crippen LogP contribution < -0.4 is 0 Å². The summed E-state index contributed by atoms with van der Waals surface area (Å²) >= 11 is 0. The molecule has 9 aromatic carbocycles. The fraction of sp³-hybridized carbons (Fsp3) is 0.0612. The van der Waals surface area contributed by atoms with Crippen molar-refractivity contribution in [2.75, 3.05) is 0 Å². The first kappa shape index (κ1) is 28.1. The van der Waals surface area contributed by atoms with E-state index in [-0.39, 0.29) is 5.41 Å². The fourth-order valence-corrected chi connectivity index (χ4v) is 8.18. The van der Waals surface area contributed by atoms with Crippen LogP contribution in [0.5, 0.6) is 0 Å². The Labute approximate surface area is 286 Å². The molecule has 0 heteroatoms. The summed E-state index contributed by atoms with van der Waals surface area (Å²) in [6.07, 6.45) is 0. The number of hydrogen-bond donors (Lipinski definition) is 0. The molecular weight excluding hydrogens is 589 g/mol. The van der Waals surface area contributed by atoms with Crippen molar-refractivity contribution >= 4 is 43.1 Å². The summed E-state index contributed by atoms with van der Waals surface area (Å²) in [5, 5.41) is 10.2. The van der Waals surface area contributed by atoms with Crippen LogP contribution in [0.25, 0.3) is 87.6 Å². The lowest BCUT2D eigenvalue weighted by Crippen LogP contribution is -2.14. The molecule has 0 N–H and O–H groups in total. The summed E-state index contributed by atoms with van der Waals surface area (Å²) in [6, 6.07) is 63.3. The molecule has 9 aromatic rings. The van der Waals surface area contributed by atoms with Gasteiger partial charge in [-0.1, -0.05) is 129 Å². The van der Waals surface area contributed by atoms with E-state index in [9.17, 15) is 0 Å². The third-order valence-electron chi connectivity index (χ3n) is 11.0. The molecule has 1 aliphatic rings. The molecule has 0 saturated heterocycles. The van der Waals surface area contributed by atoms with Crippen molar-refractivity contribution < 1.29 is 0 Å². The van der Waals surface area contributed by atoms with Crippen LogP contribution in [0, 0.1) is 0 Å². The molecule has 1 aliphatic carbocycles. The molecule has 0 radical (unpaired) electrons. The van der Waals surface area contributed by atoms with E-state index in [1.807, 2.05) is 0 Å². The van der Waals surface area contributed by atoms with Gasteiger partial charge >= 0.3 is 0 Å². The summed E-state index contributed by atoms with van der Waals surface area (Å²) in [4.78, 5) is 0. The van der Waals surface area contributed by atoms with Crippen molar-refractivity contribution in [1.82, 2.24) is 0 Å². The molecule has 0 aromatic heterocycles. The van der Waals surface area contributed by atoms with Crippen LogP contribution in [0.4, 0.5) is 0 Å². The molecule has 0 bridgehead atoms. The zero-order valence-electron chi connectivity index (χ0n) is 27.7. The van der Waals surface area contributed by atoms with Crippen LogP contribution >= 0.6 is 0 Å². The van der Waals surface area contributed by atoms with E-state index in [2.05, 4.69) is 184 Å². The van der Waals surface area contributed by atoms with Crippen LogP contribution in [0.1, 0.15) is 25.0 Å². The monoisotopic (exact) mass is 622 g/mol. The molecule has 0 atom stereocenters. The molecule has 0 aliphatic heterocycles. The third kappa shape index (κ3) is 4.52. The Hall–Kier alpha value is -5.98. The molecule has 49 heavy (non-hydrogen) atoms. The van der Waals surface area contributed by atoms with Crippen molar-refractivity contribution in [2.24, 2.45) is 0 Å². The summed E-state index contributed by atoms with van der Waals surface area (Å²) in [5.41, 5.74) is 13.0. The molecule has 0 unspecified atom stereocenters. The van der Waals surface area contributed by atoms with Gasteiger partial charge in [-0.2, -0.15) is 0 Å². The van der Waals surface area contributed by atoms with Gasteiger partial charge in [-0.25, -0.2) is 0 Å². The Morgan fingerprint density at radius 2 is 0.612 bits per heavy atom. The highest BCUT2D eigenvalue weighted by molar-refractivity contribution is 6.00. The summed E-state index contributed by atoms with van der Waals surface area (Å²) in [6.45, 7) is 4.76. The average Bonchev–Trinajstić information content (AvgIpc) is 3.36. The van der Waals surface area contributed by atoms with E-state index < -0.39 is 0 Å². The standard InChI is InChI=1S/C49H34/c1-49(2)47-29-42-21-14-34(31-8-4-3-5-9-31)25-43(42)28-46(47)45-27-41-20-19-40(26-44(41)30-48(45)49)39-18-17-37-23-36(15-16-38(37)24-39)35-13-12-32-10-6-7-11-33(32)22-35/h3-30H,1-2H3. The Morgan fingerprint density at radius 1 is 0.265 bits per heavy atom. The maximum Gasteiger partial charge on any atom is 0.0159 e. The SMILES string of the molecule is CC1(C)c2cc3ccc(-c4ccccc4)cc3cc2-c2cc3ccc(-c4ccc5cc(-c6ccc7ccccc7c6)ccc5c4)cc3cc21. The van der Waals surface area contributed by atoms with Gasteiger partial charge in [0.2, 0.25) is 0 Å². The van der Waals surface area contributed by atoms with Crippen molar-refractivity contribution in [3.63, 3.8) is 0 Å². The second kappa shape index (κ2) is 10.5. The second-order valence-corrected chi connectivity index (χ2v) is 14.2. The number of rotatable bonds is 3. The van der Waals surface area contributed by atoms with Gasteiger partial charge in [0.05, 0.1) is 0 Å². The molecule has 0 saturated carbocycles. The summed E-state index contributed by atoms with van der Waals surface area (Å²) in [7, 11) is 0. The fourth-order valence-electron chi connectivity index (χ4n) is 8.18. The zero-order valence-corrected chi connectivity index (χ0v) is 27.7. The van der Waals surface area contributed by atoms with Crippen molar-refractivity contribution in [3.05, 3.63) is 181 Å². The molecule has 10 rings (SSSR count). The first-order chi connectivity index (χ1) is 24.0. The number of hydrogen-bond acceptors (Lipinski definition) is 0. The normalized spacial score (nSPS) is 13.3. The van der Waals surface area contributed by atoms with Crippen molar-refractivity contribution in [1.29, 1.82) is 0 Å². The lowest BCUT2D eigenvalue weighted by atomic mass is 9.81. The molecule has 0 spiro atoms. The average molecular weight is 623 g/mol. The van der Waals surface area contributed by atoms with Gasteiger partial charge in [-0.15, -0.1) is 0 Å². The largest absolute Gasteiger partial charge is 0.0622 e. The van der Waals surface area contributed by atoms with Crippen molar-refractivity contribution in [2.45, 2.75) is 19.3 Å². The molecule has 0 nitrogen and oxygen atoms in total. The molecule has 0 heterocycles. The van der Waals surface area contributed by atoms with Gasteiger partial charge in [0.1, 0.15) is 0 Å². The molecule has 230 valence electrons.